The van der Waals surface area contributed by atoms with Crippen molar-refractivity contribution in [1.29, 1.82) is 0 Å². The number of nitrogens with two attached hydrogens (primary N) is 1. The van der Waals surface area contributed by atoms with Gasteiger partial charge in [0.1, 0.15) is 9.71 Å². The van der Waals surface area contributed by atoms with E-state index < -0.39 is 11.2 Å². The summed E-state index contributed by atoms with van der Waals surface area (Å²) in [5, 5.41) is 0.193. The zero-order valence-electron chi connectivity index (χ0n) is 15.8. The summed E-state index contributed by atoms with van der Waals surface area (Å²) < 4.78 is 1.48. The predicted octanol–water partition coefficient (Wildman–Crippen LogP) is 3.12. The average molecular weight is 405 g/mol. The molecule has 0 aliphatic rings. The fourth-order valence-corrected chi connectivity index (χ4v) is 4.46. The number of ketones is 1. The SMILES string of the molecule is Cc1ccc(C(=O)c2sc3c(c2N)c(=O)[nH]c(=O)n3CCc2ccccc2)cc1. The Bertz CT molecular complexity index is 1320. The van der Waals surface area contributed by atoms with Gasteiger partial charge in [0.25, 0.3) is 5.56 Å². The van der Waals surface area contributed by atoms with Gasteiger partial charge in [0.15, 0.2) is 0 Å². The van der Waals surface area contributed by atoms with E-state index in [-0.39, 0.29) is 21.7 Å². The van der Waals surface area contributed by atoms with Gasteiger partial charge >= 0.3 is 5.69 Å². The summed E-state index contributed by atoms with van der Waals surface area (Å²) in [6.45, 7) is 2.31. The molecule has 29 heavy (non-hydrogen) atoms. The second-order valence-electron chi connectivity index (χ2n) is 6.87. The zero-order chi connectivity index (χ0) is 20.5. The number of aromatic nitrogens is 2. The summed E-state index contributed by atoms with van der Waals surface area (Å²) >= 11 is 1.09. The third-order valence-electron chi connectivity index (χ3n) is 4.85. The quantitative estimate of drug-likeness (QED) is 0.499. The summed E-state index contributed by atoms with van der Waals surface area (Å²) in [6, 6.07) is 16.9. The van der Waals surface area contributed by atoms with Gasteiger partial charge < -0.3 is 5.73 Å². The lowest BCUT2D eigenvalue weighted by Crippen LogP contribution is -2.30. The molecule has 0 saturated carbocycles. The first-order valence-corrected chi connectivity index (χ1v) is 9.97. The van der Waals surface area contributed by atoms with Gasteiger partial charge in [-0.3, -0.25) is 19.1 Å². The van der Waals surface area contributed by atoms with Gasteiger partial charge in [-0.05, 0) is 18.9 Å². The molecular formula is C22H19N3O3S. The van der Waals surface area contributed by atoms with Gasteiger partial charge in [-0.2, -0.15) is 0 Å². The number of rotatable bonds is 5. The molecule has 0 saturated heterocycles. The standard InChI is InChI=1S/C22H19N3O3S/c1-13-7-9-15(10-8-13)18(26)19-17(23)16-20(27)24-22(28)25(21(16)29-19)12-11-14-5-3-2-4-6-14/h2-10H,11-12,23H2,1H3,(H,24,27,28). The molecule has 0 radical (unpaired) electrons. The number of carbonyl (C=O) groups excluding carboxylic acids is 1. The van der Waals surface area contributed by atoms with Gasteiger partial charge in [0, 0.05) is 12.1 Å². The van der Waals surface area contributed by atoms with Crippen LogP contribution in [0.2, 0.25) is 0 Å². The third-order valence-corrected chi connectivity index (χ3v) is 6.08. The molecule has 2 heterocycles. The van der Waals surface area contributed by atoms with E-state index in [9.17, 15) is 14.4 Å². The summed E-state index contributed by atoms with van der Waals surface area (Å²) in [5.74, 6) is -0.259. The molecule has 7 heteroatoms. The Labute approximate surface area is 170 Å². The average Bonchev–Trinajstić information content (AvgIpc) is 3.06. The number of thiophene rings is 1. The number of hydrogen-bond donors (Lipinski definition) is 2. The van der Waals surface area contributed by atoms with Crippen LogP contribution in [0.15, 0.2) is 64.2 Å². The van der Waals surface area contributed by atoms with Crippen molar-refractivity contribution in [2.24, 2.45) is 0 Å². The molecule has 0 fully saturated rings. The summed E-state index contributed by atoms with van der Waals surface area (Å²) in [6.07, 6.45) is 0.612. The van der Waals surface area contributed by atoms with Crippen molar-refractivity contribution >= 4 is 33.0 Å². The molecule has 0 aliphatic heterocycles. The minimum Gasteiger partial charge on any atom is -0.397 e. The van der Waals surface area contributed by atoms with E-state index >= 15 is 0 Å². The molecule has 4 rings (SSSR count). The maximum absolute atomic E-state index is 13.0. The monoisotopic (exact) mass is 405 g/mol. The highest BCUT2D eigenvalue weighted by atomic mass is 32.1. The molecule has 0 unspecified atom stereocenters. The van der Waals surface area contributed by atoms with E-state index in [2.05, 4.69) is 4.98 Å². The first-order valence-electron chi connectivity index (χ1n) is 9.16. The topological polar surface area (TPSA) is 98.0 Å². The molecule has 0 amide bonds. The maximum atomic E-state index is 13.0. The van der Waals surface area contributed by atoms with Gasteiger partial charge in [-0.15, -0.1) is 11.3 Å². The molecule has 0 spiro atoms. The number of H-pyrrole nitrogens is 1. The number of hydrogen-bond acceptors (Lipinski definition) is 5. The smallest absolute Gasteiger partial charge is 0.329 e. The van der Waals surface area contributed by atoms with Crippen molar-refractivity contribution in [2.75, 3.05) is 5.73 Å². The van der Waals surface area contributed by atoms with Crippen molar-refractivity contribution in [3.8, 4) is 0 Å². The van der Waals surface area contributed by atoms with Crippen LogP contribution < -0.4 is 17.0 Å². The van der Waals surface area contributed by atoms with Gasteiger partial charge in [-0.1, -0.05) is 60.2 Å². The minimum atomic E-state index is -0.572. The van der Waals surface area contributed by atoms with E-state index in [0.717, 1.165) is 22.5 Å². The predicted molar refractivity (Wildman–Crippen MR) is 116 cm³/mol. The highest BCUT2D eigenvalue weighted by Gasteiger charge is 2.22. The first kappa shape index (κ1) is 18.9. The molecule has 0 bridgehead atoms. The second-order valence-corrected chi connectivity index (χ2v) is 7.87. The van der Waals surface area contributed by atoms with Crippen molar-refractivity contribution in [3.05, 3.63) is 97.0 Å². The number of aromatic amines is 1. The minimum absolute atomic E-state index is 0.116. The van der Waals surface area contributed by atoms with Crippen molar-refractivity contribution < 1.29 is 4.79 Å². The molecule has 4 aromatic rings. The Morgan fingerprint density at radius 1 is 1.07 bits per heavy atom. The lowest BCUT2D eigenvalue weighted by Gasteiger charge is -2.06. The lowest BCUT2D eigenvalue weighted by molar-refractivity contribution is 0.104. The van der Waals surface area contributed by atoms with Crippen LogP contribution in [0.1, 0.15) is 26.4 Å². The Morgan fingerprint density at radius 3 is 2.45 bits per heavy atom. The highest BCUT2D eigenvalue weighted by Crippen LogP contribution is 2.32. The number of anilines is 1. The fourth-order valence-electron chi connectivity index (χ4n) is 3.25. The number of nitrogens with zero attached hydrogens (tertiary/aromatic N) is 1. The van der Waals surface area contributed by atoms with E-state index in [0.29, 0.717) is 23.4 Å². The second kappa shape index (κ2) is 7.52. The number of aryl methyl sites for hydroxylation is 3. The van der Waals surface area contributed by atoms with E-state index in [1.165, 1.54) is 4.57 Å². The van der Waals surface area contributed by atoms with Crippen molar-refractivity contribution in [3.63, 3.8) is 0 Å². The van der Waals surface area contributed by atoms with Crippen LogP contribution in [-0.4, -0.2) is 15.3 Å². The summed E-state index contributed by atoms with van der Waals surface area (Å²) in [5.41, 5.74) is 7.82. The normalized spacial score (nSPS) is 11.1. The summed E-state index contributed by atoms with van der Waals surface area (Å²) in [7, 11) is 0. The molecule has 146 valence electrons. The lowest BCUT2D eigenvalue weighted by atomic mass is 10.1. The Morgan fingerprint density at radius 2 is 1.76 bits per heavy atom. The van der Waals surface area contributed by atoms with Crippen LogP contribution in [0.3, 0.4) is 0 Å². The number of carbonyl (C=O) groups is 1. The molecule has 0 aliphatic carbocycles. The van der Waals surface area contributed by atoms with E-state index in [1.807, 2.05) is 49.4 Å². The van der Waals surface area contributed by atoms with Crippen LogP contribution in [0.5, 0.6) is 0 Å². The molecule has 6 nitrogen and oxygen atoms in total. The maximum Gasteiger partial charge on any atom is 0.329 e. The largest absolute Gasteiger partial charge is 0.397 e. The number of fused-ring (bicyclic) bond motifs is 1. The van der Waals surface area contributed by atoms with Gasteiger partial charge in [-0.25, -0.2) is 4.79 Å². The van der Waals surface area contributed by atoms with E-state index in [4.69, 9.17) is 5.73 Å². The number of nitrogen functional groups attached to an aromatic ring is 1. The zero-order valence-corrected chi connectivity index (χ0v) is 16.6. The number of nitrogens with one attached hydrogen (secondary N) is 1. The van der Waals surface area contributed by atoms with Gasteiger partial charge in [0.2, 0.25) is 5.78 Å². The molecule has 2 aromatic heterocycles. The fraction of sp³-hybridized carbons (Fsp3) is 0.136. The molecular weight excluding hydrogens is 386 g/mol. The highest BCUT2D eigenvalue weighted by molar-refractivity contribution is 7.21. The van der Waals surface area contributed by atoms with E-state index in [1.54, 1.807) is 12.1 Å². The Balaban J connectivity index is 1.80. The Kier molecular flexibility index (Phi) is 4.90. The molecule has 2 aromatic carbocycles. The summed E-state index contributed by atoms with van der Waals surface area (Å²) in [4.78, 5) is 40.9. The Hall–Kier alpha value is -3.45. The van der Waals surface area contributed by atoms with Crippen molar-refractivity contribution in [1.82, 2.24) is 9.55 Å². The van der Waals surface area contributed by atoms with Crippen LogP contribution in [0, 0.1) is 6.92 Å². The molecule has 3 N–H and O–H groups in total. The van der Waals surface area contributed by atoms with Crippen LogP contribution in [-0.2, 0) is 13.0 Å². The third kappa shape index (κ3) is 3.52. The molecule has 0 atom stereocenters. The first-order chi connectivity index (χ1) is 14.0. The van der Waals surface area contributed by atoms with Crippen LogP contribution in [0.25, 0.3) is 10.2 Å². The number of benzene rings is 2. The van der Waals surface area contributed by atoms with Crippen molar-refractivity contribution in [2.45, 2.75) is 19.9 Å². The van der Waals surface area contributed by atoms with Crippen LogP contribution >= 0.6 is 11.3 Å². The van der Waals surface area contributed by atoms with Crippen LogP contribution in [0.4, 0.5) is 5.69 Å². The van der Waals surface area contributed by atoms with Gasteiger partial charge in [0.05, 0.1) is 11.1 Å².